The number of sulfone groups is 1. The number of benzene rings is 2. The Bertz CT molecular complexity index is 1270. The van der Waals surface area contributed by atoms with E-state index >= 15 is 0 Å². The fourth-order valence-electron chi connectivity index (χ4n) is 5.43. The number of nitrogens with one attached hydrogen (secondary N) is 1. The molecule has 11 heteroatoms. The fraction of sp³-hybridized carbons (Fsp3) is 0.400. The van der Waals surface area contributed by atoms with Crippen molar-refractivity contribution in [1.29, 1.82) is 0 Å². The highest BCUT2D eigenvalue weighted by molar-refractivity contribution is 7.92. The summed E-state index contributed by atoms with van der Waals surface area (Å²) in [5.74, 6) is -6.11. The summed E-state index contributed by atoms with van der Waals surface area (Å²) in [6.07, 6.45) is 3.33. The summed E-state index contributed by atoms with van der Waals surface area (Å²) in [5, 5.41) is 12.4. The van der Waals surface area contributed by atoms with Crippen LogP contribution >= 0.6 is 11.6 Å². The molecule has 2 aliphatic rings. The second-order valence-corrected chi connectivity index (χ2v) is 11.9. The first-order chi connectivity index (χ1) is 16.9. The van der Waals surface area contributed by atoms with Crippen LogP contribution in [-0.2, 0) is 14.6 Å². The van der Waals surface area contributed by atoms with Gasteiger partial charge in [0.1, 0.15) is 0 Å². The van der Waals surface area contributed by atoms with E-state index in [1.807, 2.05) is 0 Å². The third-order valence-corrected chi connectivity index (χ3v) is 9.71. The van der Waals surface area contributed by atoms with Crippen molar-refractivity contribution >= 4 is 33.0 Å². The van der Waals surface area contributed by atoms with Crippen LogP contribution in [0.15, 0.2) is 47.9 Å². The Kier molecular flexibility index (Phi) is 7.52. The van der Waals surface area contributed by atoms with Crippen LogP contribution in [0.5, 0.6) is 0 Å². The number of carbonyl (C=O) groups excluding carboxylic acids is 1. The molecule has 0 spiro atoms. The molecule has 2 aromatic carbocycles. The standard InChI is InChI=1S/C25H25ClF3NO5S/c1-2-7-35-13-25(32)11-15-3-4-16(12-25)23(15)36(33,34)21-8-14(5-6-18(21)26)24(31)30-17-9-19(27)22(29)20(28)10-17/h2,5-6,8-10,15-16,23,32H,1,3-4,7,11-13H2,(H,30,31)/t15-,16-,23?,25?/m0/s1. The van der Waals surface area contributed by atoms with Gasteiger partial charge in [0, 0.05) is 23.4 Å². The molecule has 36 heavy (non-hydrogen) atoms. The van der Waals surface area contributed by atoms with E-state index in [4.69, 9.17) is 16.3 Å². The Morgan fingerprint density at radius 3 is 2.36 bits per heavy atom. The lowest BCUT2D eigenvalue weighted by atomic mass is 9.77. The van der Waals surface area contributed by atoms with Gasteiger partial charge >= 0.3 is 0 Å². The number of aliphatic hydroxyl groups is 1. The van der Waals surface area contributed by atoms with Gasteiger partial charge in [-0.25, -0.2) is 21.6 Å². The summed E-state index contributed by atoms with van der Waals surface area (Å²) < 4.78 is 73.1. The van der Waals surface area contributed by atoms with Crippen LogP contribution in [0, 0.1) is 29.3 Å². The molecule has 0 radical (unpaired) electrons. The van der Waals surface area contributed by atoms with Gasteiger partial charge in [0.05, 0.1) is 34.0 Å². The lowest BCUT2D eigenvalue weighted by Crippen LogP contribution is -2.48. The average Bonchev–Trinajstić information content (AvgIpc) is 3.11. The normalized spacial score (nSPS) is 25.5. The lowest BCUT2D eigenvalue weighted by Gasteiger charge is -2.40. The second-order valence-electron chi connectivity index (χ2n) is 9.40. The summed E-state index contributed by atoms with van der Waals surface area (Å²) in [5.41, 5.74) is -1.58. The number of carbonyl (C=O) groups is 1. The van der Waals surface area contributed by atoms with E-state index in [-0.39, 0.29) is 59.1 Å². The van der Waals surface area contributed by atoms with E-state index in [1.54, 1.807) is 6.08 Å². The molecule has 2 bridgehead atoms. The lowest BCUT2D eigenvalue weighted by molar-refractivity contribution is -0.0778. The smallest absolute Gasteiger partial charge is 0.255 e. The highest BCUT2D eigenvalue weighted by Gasteiger charge is 2.54. The number of hydrogen-bond acceptors (Lipinski definition) is 5. The van der Waals surface area contributed by atoms with Gasteiger partial charge in [-0.2, -0.15) is 0 Å². The van der Waals surface area contributed by atoms with Gasteiger partial charge in [-0.3, -0.25) is 4.79 Å². The van der Waals surface area contributed by atoms with Gasteiger partial charge in [-0.05, 0) is 55.7 Å². The van der Waals surface area contributed by atoms with Crippen molar-refractivity contribution in [3.05, 3.63) is 71.0 Å². The van der Waals surface area contributed by atoms with Gasteiger partial charge in [-0.1, -0.05) is 17.7 Å². The van der Waals surface area contributed by atoms with Crippen LogP contribution in [0.4, 0.5) is 18.9 Å². The van der Waals surface area contributed by atoms with Crippen molar-refractivity contribution < 1.29 is 36.2 Å². The molecular formula is C25H25ClF3NO5S. The van der Waals surface area contributed by atoms with Gasteiger partial charge in [0.15, 0.2) is 27.3 Å². The van der Waals surface area contributed by atoms with Crippen LogP contribution in [0.1, 0.15) is 36.0 Å². The molecule has 2 N–H and O–H groups in total. The molecule has 0 saturated heterocycles. The van der Waals surface area contributed by atoms with Crippen LogP contribution in [0.3, 0.4) is 0 Å². The van der Waals surface area contributed by atoms with Crippen molar-refractivity contribution in [1.82, 2.24) is 0 Å². The van der Waals surface area contributed by atoms with E-state index in [0.717, 1.165) is 6.07 Å². The maximum absolute atomic E-state index is 13.7. The maximum atomic E-state index is 13.7. The first kappa shape index (κ1) is 26.7. The van der Waals surface area contributed by atoms with E-state index in [0.29, 0.717) is 25.0 Å². The minimum atomic E-state index is -4.00. The Morgan fingerprint density at radius 1 is 1.17 bits per heavy atom. The van der Waals surface area contributed by atoms with Crippen molar-refractivity contribution in [3.63, 3.8) is 0 Å². The minimum Gasteiger partial charge on any atom is -0.387 e. The molecule has 1 amide bonds. The van der Waals surface area contributed by atoms with Crippen LogP contribution < -0.4 is 5.32 Å². The molecule has 2 aliphatic carbocycles. The minimum absolute atomic E-state index is 0.0695. The molecule has 4 rings (SSSR count). The largest absolute Gasteiger partial charge is 0.387 e. The number of halogens is 4. The van der Waals surface area contributed by atoms with Crippen molar-refractivity contribution in [2.75, 3.05) is 18.5 Å². The summed E-state index contributed by atoms with van der Waals surface area (Å²) in [6, 6.07) is 4.89. The van der Waals surface area contributed by atoms with Gasteiger partial charge in [-0.15, -0.1) is 6.58 Å². The first-order valence-electron chi connectivity index (χ1n) is 11.4. The number of amides is 1. The maximum Gasteiger partial charge on any atom is 0.255 e. The monoisotopic (exact) mass is 543 g/mol. The molecular weight excluding hydrogens is 519 g/mol. The molecule has 194 valence electrons. The highest BCUT2D eigenvalue weighted by atomic mass is 35.5. The highest BCUT2D eigenvalue weighted by Crippen LogP contribution is 2.51. The Morgan fingerprint density at radius 2 is 1.78 bits per heavy atom. The van der Waals surface area contributed by atoms with Crippen LogP contribution in [-0.4, -0.2) is 43.5 Å². The summed E-state index contributed by atoms with van der Waals surface area (Å²) in [6.45, 7) is 3.94. The molecule has 0 unspecified atom stereocenters. The molecule has 0 aliphatic heterocycles. The van der Waals surface area contributed by atoms with Gasteiger partial charge < -0.3 is 15.2 Å². The average molecular weight is 544 g/mol. The Hall–Kier alpha value is -2.40. The number of rotatable bonds is 8. The first-order valence-corrected chi connectivity index (χ1v) is 13.3. The number of ether oxygens (including phenoxy) is 1. The van der Waals surface area contributed by atoms with E-state index in [9.17, 15) is 31.5 Å². The molecule has 2 aromatic rings. The zero-order valence-electron chi connectivity index (χ0n) is 19.1. The predicted octanol–water partition coefficient (Wildman–Crippen LogP) is 4.91. The topological polar surface area (TPSA) is 92.7 Å². The van der Waals surface area contributed by atoms with Crippen molar-refractivity contribution in [2.45, 2.75) is 41.4 Å². The predicted molar refractivity (Wildman–Crippen MR) is 128 cm³/mol. The number of fused-ring (bicyclic) bond motifs is 2. The SMILES string of the molecule is C=CCOCC1(O)C[C@@H]2CC[C@@H](C1)C2S(=O)(=O)c1cc(C(=O)Nc2cc(F)c(F)c(F)c2)ccc1Cl. The molecule has 2 atom stereocenters. The van der Waals surface area contributed by atoms with Crippen molar-refractivity contribution in [3.8, 4) is 0 Å². The molecule has 2 saturated carbocycles. The number of anilines is 1. The number of hydrogen-bond donors (Lipinski definition) is 2. The van der Waals surface area contributed by atoms with Gasteiger partial charge in [0.2, 0.25) is 0 Å². The molecule has 0 aromatic heterocycles. The van der Waals surface area contributed by atoms with E-state index in [1.165, 1.54) is 12.1 Å². The van der Waals surface area contributed by atoms with E-state index in [2.05, 4.69) is 11.9 Å². The third-order valence-electron chi connectivity index (χ3n) is 6.83. The third kappa shape index (κ3) is 5.18. The Balaban J connectivity index is 1.57. The van der Waals surface area contributed by atoms with Crippen LogP contribution in [0.2, 0.25) is 5.02 Å². The summed E-state index contributed by atoms with van der Waals surface area (Å²) in [7, 11) is -4.00. The van der Waals surface area contributed by atoms with Gasteiger partial charge in [0.25, 0.3) is 5.91 Å². The van der Waals surface area contributed by atoms with E-state index < -0.39 is 44.0 Å². The zero-order valence-corrected chi connectivity index (χ0v) is 20.7. The van der Waals surface area contributed by atoms with Crippen LogP contribution in [0.25, 0.3) is 0 Å². The van der Waals surface area contributed by atoms with Crippen molar-refractivity contribution in [2.24, 2.45) is 11.8 Å². The second kappa shape index (κ2) is 10.2. The quantitative estimate of drug-likeness (QED) is 0.280. The molecule has 6 nitrogen and oxygen atoms in total. The Labute approximate surface area is 212 Å². The summed E-state index contributed by atoms with van der Waals surface area (Å²) in [4.78, 5) is 12.5. The zero-order chi connectivity index (χ0) is 26.3. The molecule has 0 heterocycles. The molecule has 2 fully saturated rings. The summed E-state index contributed by atoms with van der Waals surface area (Å²) >= 11 is 6.25. The fourth-order valence-corrected chi connectivity index (χ4v) is 8.28.